The van der Waals surface area contributed by atoms with E-state index in [2.05, 4.69) is 15.2 Å². The minimum Gasteiger partial charge on any atom is -0.493 e. The number of benzene rings is 2. The SMILES string of the molecule is [2H]C(c1ccccc1OCCCCCC(=O)O)N(CCc1ccccn1)C(=O)c1ccc(-c2cn[nH]c2)cc1. The predicted octanol–water partition coefficient (Wildman–Crippen LogP) is 5.38. The Balaban J connectivity index is 1.51. The van der Waals surface area contributed by atoms with E-state index in [1.165, 1.54) is 4.90 Å². The van der Waals surface area contributed by atoms with Crippen LogP contribution in [0.5, 0.6) is 5.75 Å². The highest BCUT2D eigenvalue weighted by Crippen LogP contribution is 2.23. The molecule has 4 rings (SSSR count). The van der Waals surface area contributed by atoms with Crippen LogP contribution in [0.4, 0.5) is 0 Å². The van der Waals surface area contributed by atoms with Crippen LogP contribution in [0.15, 0.2) is 85.3 Å². The number of para-hydroxylation sites is 1. The van der Waals surface area contributed by atoms with Gasteiger partial charge in [-0.15, -0.1) is 0 Å². The Kier molecular flexibility index (Phi) is 9.11. The number of aromatic amines is 1. The van der Waals surface area contributed by atoms with E-state index in [0.717, 1.165) is 23.2 Å². The number of nitrogens with one attached hydrogen (secondary N) is 1. The van der Waals surface area contributed by atoms with E-state index in [-0.39, 0.29) is 12.3 Å². The lowest BCUT2D eigenvalue weighted by Gasteiger charge is -2.24. The first-order valence-corrected chi connectivity index (χ1v) is 12.7. The molecule has 0 spiro atoms. The number of carbonyl (C=O) groups excluding carboxylic acids is 1. The van der Waals surface area contributed by atoms with Crippen molar-refractivity contribution >= 4 is 11.9 Å². The largest absolute Gasteiger partial charge is 0.493 e. The summed E-state index contributed by atoms with van der Waals surface area (Å²) >= 11 is 0. The number of nitrogens with zero attached hydrogens (tertiary/aromatic N) is 3. The summed E-state index contributed by atoms with van der Waals surface area (Å²) in [6.45, 7) is -0.296. The second-order valence-electron chi connectivity index (χ2n) is 8.85. The number of amides is 1. The van der Waals surface area contributed by atoms with Crippen LogP contribution in [-0.2, 0) is 17.7 Å². The Morgan fingerprint density at radius 1 is 0.974 bits per heavy atom. The van der Waals surface area contributed by atoms with Crippen molar-refractivity contribution in [1.29, 1.82) is 0 Å². The van der Waals surface area contributed by atoms with Gasteiger partial charge in [-0.2, -0.15) is 5.10 Å². The second kappa shape index (κ2) is 13.7. The van der Waals surface area contributed by atoms with E-state index in [1.807, 2.05) is 42.5 Å². The van der Waals surface area contributed by atoms with E-state index >= 15 is 0 Å². The quantitative estimate of drug-likeness (QED) is 0.219. The Labute approximate surface area is 223 Å². The molecule has 8 heteroatoms. The van der Waals surface area contributed by atoms with Crippen LogP contribution in [-0.4, -0.2) is 50.2 Å². The Morgan fingerprint density at radius 3 is 2.53 bits per heavy atom. The van der Waals surface area contributed by atoms with Crippen LogP contribution in [0.1, 0.15) is 48.7 Å². The normalized spacial score (nSPS) is 11.9. The lowest BCUT2D eigenvalue weighted by molar-refractivity contribution is -0.137. The summed E-state index contributed by atoms with van der Waals surface area (Å²) in [6, 6.07) is 20.2. The fourth-order valence-electron chi connectivity index (χ4n) is 4.01. The Hall–Kier alpha value is -4.46. The lowest BCUT2D eigenvalue weighted by atomic mass is 10.1. The Morgan fingerprint density at radius 2 is 1.79 bits per heavy atom. The molecule has 0 aliphatic heterocycles. The molecule has 38 heavy (non-hydrogen) atoms. The summed E-state index contributed by atoms with van der Waals surface area (Å²) in [6.07, 6.45) is 7.91. The number of rotatable bonds is 14. The third kappa shape index (κ3) is 7.77. The zero-order chi connectivity index (χ0) is 27.5. The van der Waals surface area contributed by atoms with Gasteiger partial charge < -0.3 is 14.7 Å². The lowest BCUT2D eigenvalue weighted by Crippen LogP contribution is -2.32. The highest BCUT2D eigenvalue weighted by atomic mass is 16.5. The number of hydrogen-bond donors (Lipinski definition) is 2. The van der Waals surface area contributed by atoms with Crippen LogP contribution in [0.3, 0.4) is 0 Å². The number of ether oxygens (including phenoxy) is 1. The maximum Gasteiger partial charge on any atom is 0.303 e. The third-order valence-electron chi connectivity index (χ3n) is 6.07. The molecule has 8 nitrogen and oxygen atoms in total. The monoisotopic (exact) mass is 513 g/mol. The number of aromatic nitrogens is 3. The van der Waals surface area contributed by atoms with Crippen LogP contribution in [0, 0.1) is 0 Å². The molecule has 0 bridgehead atoms. The molecule has 2 aromatic carbocycles. The maximum absolute atomic E-state index is 13.8. The molecule has 196 valence electrons. The molecule has 4 aromatic rings. The predicted molar refractivity (Wildman–Crippen MR) is 145 cm³/mol. The van der Waals surface area contributed by atoms with Gasteiger partial charge >= 0.3 is 5.97 Å². The molecule has 1 amide bonds. The number of aliphatic carboxylic acids is 1. The van der Waals surface area contributed by atoms with E-state index in [1.54, 1.807) is 42.9 Å². The molecule has 0 saturated heterocycles. The Bertz CT molecular complexity index is 1330. The van der Waals surface area contributed by atoms with Gasteiger partial charge in [-0.05, 0) is 55.2 Å². The van der Waals surface area contributed by atoms with Crippen LogP contribution in [0.2, 0.25) is 0 Å². The number of pyridine rings is 1. The smallest absolute Gasteiger partial charge is 0.303 e. The summed E-state index contributed by atoms with van der Waals surface area (Å²) in [4.78, 5) is 30.4. The summed E-state index contributed by atoms with van der Waals surface area (Å²) in [5.74, 6) is -0.514. The van der Waals surface area contributed by atoms with Crippen molar-refractivity contribution in [3.8, 4) is 16.9 Å². The van der Waals surface area contributed by atoms with Gasteiger partial charge in [0.1, 0.15) is 5.75 Å². The number of carbonyl (C=O) groups is 2. The zero-order valence-corrected chi connectivity index (χ0v) is 21.1. The molecular formula is C30H32N4O4. The van der Waals surface area contributed by atoms with Crippen molar-refractivity contribution in [2.24, 2.45) is 0 Å². The highest BCUT2D eigenvalue weighted by molar-refractivity contribution is 5.94. The van der Waals surface area contributed by atoms with Crippen LogP contribution < -0.4 is 4.74 Å². The van der Waals surface area contributed by atoms with Gasteiger partial charge in [0.2, 0.25) is 0 Å². The minimum atomic E-state index is -1.00. The average Bonchev–Trinajstić information content (AvgIpc) is 3.51. The van der Waals surface area contributed by atoms with E-state index in [4.69, 9.17) is 11.2 Å². The van der Waals surface area contributed by atoms with Crippen molar-refractivity contribution in [3.05, 3.63) is 102 Å². The number of hydrogen-bond acceptors (Lipinski definition) is 5. The standard InChI is InChI=1S/C30H32N4O4/c35-29(36)11-2-1-7-19-38-28-10-4-3-8-25(28)22-34(18-16-27-9-5-6-17-31-27)30(37)24-14-12-23(13-15-24)26-20-32-33-21-26/h3-6,8-10,12-15,17,20-21H,1-2,7,11,16,18-19,22H2,(H,32,33)(H,35,36)/i22D. The van der Waals surface area contributed by atoms with E-state index in [9.17, 15) is 9.59 Å². The summed E-state index contributed by atoms with van der Waals surface area (Å²) in [7, 11) is 0. The minimum absolute atomic E-state index is 0.141. The van der Waals surface area contributed by atoms with Crippen LogP contribution in [0.25, 0.3) is 11.1 Å². The number of carboxylic acids is 1. The van der Waals surface area contributed by atoms with Gasteiger partial charge in [0.05, 0.1) is 14.2 Å². The molecule has 0 saturated carbocycles. The van der Waals surface area contributed by atoms with Crippen molar-refractivity contribution in [2.75, 3.05) is 13.2 Å². The summed E-state index contributed by atoms with van der Waals surface area (Å²) in [5.41, 5.74) is 3.77. The van der Waals surface area contributed by atoms with Gasteiger partial charge in [0.25, 0.3) is 5.91 Å². The molecule has 1 unspecified atom stereocenters. The van der Waals surface area contributed by atoms with Crippen LogP contribution >= 0.6 is 0 Å². The molecule has 2 N–H and O–H groups in total. The van der Waals surface area contributed by atoms with Crippen molar-refractivity contribution in [2.45, 2.75) is 38.6 Å². The van der Waals surface area contributed by atoms with Gasteiger partial charge in [-0.3, -0.25) is 19.7 Å². The topological polar surface area (TPSA) is 108 Å². The van der Waals surface area contributed by atoms with Crippen molar-refractivity contribution in [1.82, 2.24) is 20.1 Å². The van der Waals surface area contributed by atoms with Gasteiger partial charge in [-0.25, -0.2) is 0 Å². The average molecular weight is 514 g/mol. The number of unbranched alkanes of at least 4 members (excludes halogenated alkanes) is 2. The summed E-state index contributed by atoms with van der Waals surface area (Å²) in [5, 5.41) is 15.6. The molecule has 0 aliphatic carbocycles. The molecular weight excluding hydrogens is 480 g/mol. The third-order valence-corrected chi connectivity index (χ3v) is 6.07. The number of carboxylic acid groups (broad SMARTS) is 1. The van der Waals surface area contributed by atoms with Crippen molar-refractivity contribution < 1.29 is 20.8 Å². The fraction of sp³-hybridized carbons (Fsp3) is 0.267. The molecule has 2 aromatic heterocycles. The van der Waals surface area contributed by atoms with Gasteiger partial charge in [0.15, 0.2) is 0 Å². The fourth-order valence-corrected chi connectivity index (χ4v) is 4.01. The maximum atomic E-state index is 13.8. The molecule has 0 radical (unpaired) electrons. The van der Waals surface area contributed by atoms with E-state index < -0.39 is 12.5 Å². The number of H-pyrrole nitrogens is 1. The first-order valence-electron chi connectivity index (χ1n) is 13.3. The molecule has 0 aliphatic rings. The molecule has 1 atom stereocenters. The second-order valence-corrected chi connectivity index (χ2v) is 8.85. The van der Waals surface area contributed by atoms with Gasteiger partial charge in [0, 0.05) is 60.7 Å². The van der Waals surface area contributed by atoms with E-state index in [0.29, 0.717) is 49.3 Å². The van der Waals surface area contributed by atoms with Gasteiger partial charge in [-0.1, -0.05) is 36.4 Å². The first kappa shape index (κ1) is 25.2. The molecule has 2 heterocycles. The zero-order valence-electron chi connectivity index (χ0n) is 22.1. The summed E-state index contributed by atoms with van der Waals surface area (Å²) < 4.78 is 15.1. The van der Waals surface area contributed by atoms with Crippen molar-refractivity contribution in [3.63, 3.8) is 0 Å². The highest BCUT2D eigenvalue weighted by Gasteiger charge is 2.19. The molecule has 0 fully saturated rings. The first-order chi connectivity index (χ1) is 19.0.